The second-order valence-corrected chi connectivity index (χ2v) is 11.5. The summed E-state index contributed by atoms with van der Waals surface area (Å²) < 4.78 is 37.7. The first-order valence-corrected chi connectivity index (χ1v) is 15.1. The van der Waals surface area contributed by atoms with Gasteiger partial charge in [-0.15, -0.1) is 0 Å². The Morgan fingerprint density at radius 2 is 1.79 bits per heavy atom. The predicted molar refractivity (Wildman–Crippen MR) is 147 cm³/mol. The Morgan fingerprint density at radius 3 is 2.59 bits per heavy atom. The van der Waals surface area contributed by atoms with Crippen LogP contribution in [0.3, 0.4) is 0 Å². The van der Waals surface area contributed by atoms with Crippen molar-refractivity contribution in [2.24, 2.45) is 0 Å². The van der Waals surface area contributed by atoms with Crippen molar-refractivity contribution in [3.8, 4) is 11.6 Å². The number of phosphoric acid groups is 1. The number of nitrogens with zero attached hydrogens (tertiary/aromatic N) is 3. The SMILES string of the molecule is O=S1C=Cc2c(N3CCN(CCCCOc4ccc5ccc(OCOP(=O)([O-])[O-])nc5c4)CC3)cccc21.[Ca+2]. The maximum absolute atomic E-state index is 12.1. The fourth-order valence-electron chi connectivity index (χ4n) is 4.59. The Balaban J connectivity index is 0.00000353. The number of piperazine rings is 1. The predicted octanol–water partition coefficient (Wildman–Crippen LogP) is 2.11. The molecule has 2 aromatic carbocycles. The van der Waals surface area contributed by atoms with E-state index in [4.69, 9.17) is 9.47 Å². The Labute approximate surface area is 259 Å². The molecule has 1 fully saturated rings. The molecule has 1 saturated heterocycles. The molecule has 0 amide bonds. The van der Waals surface area contributed by atoms with Crippen LogP contribution < -0.4 is 24.2 Å². The van der Waals surface area contributed by atoms with E-state index in [1.165, 1.54) is 5.69 Å². The summed E-state index contributed by atoms with van der Waals surface area (Å²) >= 11 is 0. The topological polar surface area (TPSA) is 127 Å². The molecule has 1 atom stereocenters. The molecule has 1 aromatic heterocycles. The normalized spacial score (nSPS) is 17.2. The van der Waals surface area contributed by atoms with Gasteiger partial charge in [-0.2, -0.15) is 0 Å². The number of phosphoric ester groups is 1. The Kier molecular flexibility index (Phi) is 10.8. The zero-order valence-electron chi connectivity index (χ0n) is 21.4. The molecule has 2 aliphatic heterocycles. The first-order valence-electron chi connectivity index (χ1n) is 12.4. The van der Waals surface area contributed by atoms with Crippen molar-refractivity contribution in [3.05, 3.63) is 59.5 Å². The minimum absolute atomic E-state index is 0. The summed E-state index contributed by atoms with van der Waals surface area (Å²) in [7, 11) is -6.12. The molecule has 202 valence electrons. The number of hydrogen-bond acceptors (Lipinski definition) is 10. The van der Waals surface area contributed by atoms with Crippen molar-refractivity contribution in [3.63, 3.8) is 0 Å². The van der Waals surface area contributed by atoms with Gasteiger partial charge in [-0.05, 0) is 55.8 Å². The van der Waals surface area contributed by atoms with Crippen molar-refractivity contribution >= 4 is 79.0 Å². The van der Waals surface area contributed by atoms with Crippen LogP contribution in [-0.2, 0) is 19.9 Å². The van der Waals surface area contributed by atoms with Crippen molar-refractivity contribution in [1.29, 1.82) is 0 Å². The summed E-state index contributed by atoms with van der Waals surface area (Å²) in [6.07, 6.45) is 3.92. The third kappa shape index (κ3) is 8.25. The van der Waals surface area contributed by atoms with Gasteiger partial charge < -0.3 is 33.2 Å². The van der Waals surface area contributed by atoms with E-state index in [0.29, 0.717) is 17.9 Å². The number of hydrogen-bond donors (Lipinski definition) is 0. The quantitative estimate of drug-likeness (QED) is 0.140. The zero-order valence-corrected chi connectivity index (χ0v) is 25.3. The minimum Gasteiger partial charge on any atom is -0.790 e. The number of pyridine rings is 1. The van der Waals surface area contributed by atoms with E-state index in [1.807, 2.05) is 30.3 Å². The van der Waals surface area contributed by atoms with Crippen LogP contribution in [0.15, 0.2) is 58.8 Å². The Bertz CT molecular complexity index is 1400. The number of aromatic nitrogens is 1. The van der Waals surface area contributed by atoms with Crippen molar-refractivity contribution < 1.29 is 32.6 Å². The molecule has 0 radical (unpaired) electrons. The van der Waals surface area contributed by atoms with E-state index < -0.39 is 25.4 Å². The van der Waals surface area contributed by atoms with Crippen LogP contribution in [0.5, 0.6) is 11.6 Å². The van der Waals surface area contributed by atoms with Crippen molar-refractivity contribution in [2.75, 3.05) is 51.0 Å². The molecule has 0 saturated carbocycles. The van der Waals surface area contributed by atoms with Crippen LogP contribution >= 0.6 is 7.82 Å². The number of rotatable bonds is 11. The number of ether oxygens (including phenoxy) is 2. The zero-order chi connectivity index (χ0) is 26.5. The summed E-state index contributed by atoms with van der Waals surface area (Å²) in [4.78, 5) is 31.2. The molecule has 10 nitrogen and oxygen atoms in total. The fraction of sp³-hybridized carbons (Fsp3) is 0.346. The summed E-state index contributed by atoms with van der Waals surface area (Å²) in [6.45, 7) is 4.74. The van der Waals surface area contributed by atoms with E-state index in [9.17, 15) is 18.6 Å². The Morgan fingerprint density at radius 1 is 1.00 bits per heavy atom. The maximum Gasteiger partial charge on any atom is 2.00 e. The largest absolute Gasteiger partial charge is 2.00 e. The standard InChI is InChI=1S/C26H30N3O7PS.Ca/c30-37(31,32)36-19-35-26-9-7-20-6-8-21(18-23(20)27-26)34-16-2-1-11-28-12-14-29(15-13-28)24-4-3-5-25-22(24)10-17-38(25)33;/h3-10,17-18H,1-2,11-16,19H2,(H2,30,31,32);/q;+2/p-2. The minimum atomic E-state index is -5.10. The van der Waals surface area contributed by atoms with Gasteiger partial charge in [-0.1, -0.05) is 6.07 Å². The van der Waals surface area contributed by atoms with Gasteiger partial charge in [0, 0.05) is 60.4 Å². The van der Waals surface area contributed by atoms with E-state index in [-0.39, 0.29) is 43.6 Å². The average Bonchev–Trinajstić information content (AvgIpc) is 3.29. The molecule has 3 heterocycles. The van der Waals surface area contributed by atoms with E-state index >= 15 is 0 Å². The molecule has 0 N–H and O–H groups in total. The van der Waals surface area contributed by atoms with Gasteiger partial charge in [0.2, 0.25) is 5.88 Å². The van der Waals surface area contributed by atoms with Gasteiger partial charge >= 0.3 is 37.7 Å². The second-order valence-electron chi connectivity index (χ2n) is 9.02. The van der Waals surface area contributed by atoms with Gasteiger partial charge in [0.1, 0.15) is 5.75 Å². The third-order valence-electron chi connectivity index (χ3n) is 6.52. The number of benzene rings is 2. The molecule has 5 rings (SSSR count). The van der Waals surface area contributed by atoms with Gasteiger partial charge in [0.15, 0.2) is 6.79 Å². The summed E-state index contributed by atoms with van der Waals surface area (Å²) in [5, 5.41) is 2.63. The van der Waals surface area contributed by atoms with Crippen LogP contribution in [0.25, 0.3) is 17.0 Å². The van der Waals surface area contributed by atoms with Crippen LogP contribution in [0.2, 0.25) is 0 Å². The Hall–Kier alpha value is -1.53. The number of fused-ring (bicyclic) bond motifs is 2. The first-order chi connectivity index (χ1) is 18.4. The van der Waals surface area contributed by atoms with E-state index in [0.717, 1.165) is 61.4 Å². The van der Waals surface area contributed by atoms with Crippen LogP contribution in [0.4, 0.5) is 5.69 Å². The molecule has 0 aliphatic carbocycles. The average molecular weight is 598 g/mol. The molecule has 39 heavy (non-hydrogen) atoms. The van der Waals surface area contributed by atoms with Crippen LogP contribution in [0.1, 0.15) is 18.4 Å². The van der Waals surface area contributed by atoms with Gasteiger partial charge in [-0.25, -0.2) is 9.19 Å². The fourth-order valence-corrected chi connectivity index (χ4v) is 5.78. The molecule has 0 spiro atoms. The van der Waals surface area contributed by atoms with Gasteiger partial charge in [0.25, 0.3) is 0 Å². The first kappa shape index (κ1) is 30.4. The van der Waals surface area contributed by atoms with Gasteiger partial charge in [0.05, 0.1) is 35.6 Å². The smallest absolute Gasteiger partial charge is 0.790 e. The molecule has 3 aromatic rings. The second kappa shape index (κ2) is 13.9. The molecular formula is C26H28CaN3O7PS. The van der Waals surface area contributed by atoms with Crippen molar-refractivity contribution in [2.45, 2.75) is 17.7 Å². The molecule has 13 heteroatoms. The monoisotopic (exact) mass is 597 g/mol. The number of unbranched alkanes of at least 4 members (excludes halogenated alkanes) is 1. The maximum atomic E-state index is 12.1. The van der Waals surface area contributed by atoms with Crippen LogP contribution in [0, 0.1) is 0 Å². The summed E-state index contributed by atoms with van der Waals surface area (Å²) in [5.41, 5.74) is 2.88. The number of anilines is 1. The molecule has 1 unspecified atom stereocenters. The van der Waals surface area contributed by atoms with Crippen LogP contribution in [-0.4, -0.2) is 98.0 Å². The van der Waals surface area contributed by atoms with E-state index in [2.05, 4.69) is 25.4 Å². The molecule has 2 aliphatic rings. The summed E-state index contributed by atoms with van der Waals surface area (Å²) in [5.74, 6) is 0.826. The third-order valence-corrected chi connectivity index (χ3v) is 8.12. The van der Waals surface area contributed by atoms with Crippen molar-refractivity contribution in [1.82, 2.24) is 9.88 Å². The summed E-state index contributed by atoms with van der Waals surface area (Å²) in [6, 6.07) is 14.9. The van der Waals surface area contributed by atoms with E-state index in [1.54, 1.807) is 23.6 Å². The van der Waals surface area contributed by atoms with Gasteiger partial charge in [-0.3, -0.25) is 4.90 Å². The molecular weight excluding hydrogens is 569 g/mol. The molecule has 0 bridgehead atoms.